The van der Waals surface area contributed by atoms with E-state index in [9.17, 15) is 0 Å². The van der Waals surface area contributed by atoms with Gasteiger partial charge >= 0.3 is 0 Å². The Balaban J connectivity index is 2.93. The third kappa shape index (κ3) is 3.53. The number of rotatable bonds is 4. The molecular weight excluding hydrogens is 204 g/mol. The molecule has 0 nitrogen and oxygen atoms in total. The summed E-state index contributed by atoms with van der Waals surface area (Å²) in [5.41, 5.74) is 2.98. The molecule has 0 amide bonds. The van der Waals surface area contributed by atoms with E-state index in [1.807, 2.05) is 0 Å². The van der Waals surface area contributed by atoms with E-state index in [2.05, 4.69) is 52.0 Å². The molecule has 1 rings (SSSR count). The molecular formula is C14H21Cl. The molecule has 0 heterocycles. The van der Waals surface area contributed by atoms with Crippen molar-refractivity contribution in [2.75, 3.05) is 0 Å². The van der Waals surface area contributed by atoms with Crippen molar-refractivity contribution >= 4 is 11.6 Å². The maximum atomic E-state index is 6.09. The zero-order valence-corrected chi connectivity index (χ0v) is 10.9. The predicted octanol–water partition coefficient (Wildman–Crippen LogP) is 4.54. The van der Waals surface area contributed by atoms with Crippen LogP contribution in [-0.2, 0) is 11.8 Å². The summed E-state index contributed by atoms with van der Waals surface area (Å²) in [7, 11) is 0. The first-order valence-corrected chi connectivity index (χ1v) is 6.13. The maximum absolute atomic E-state index is 6.09. The molecule has 15 heavy (non-hydrogen) atoms. The van der Waals surface area contributed by atoms with Crippen molar-refractivity contribution in [1.82, 2.24) is 0 Å². The van der Waals surface area contributed by atoms with Crippen LogP contribution >= 0.6 is 11.6 Å². The molecule has 0 radical (unpaired) electrons. The van der Waals surface area contributed by atoms with Crippen LogP contribution in [0.4, 0.5) is 0 Å². The smallest absolute Gasteiger partial charge is 0.0316 e. The standard InChI is InChI=1S/C14H21Cl/c1-5-12-7-6-8-13(9-12)14(3,4)10-11(2)15/h6-9,11H,5,10H2,1-4H3. The van der Waals surface area contributed by atoms with Gasteiger partial charge in [0.1, 0.15) is 0 Å². The Labute approximate surface area is 98.7 Å². The highest BCUT2D eigenvalue weighted by atomic mass is 35.5. The largest absolute Gasteiger partial charge is 0.123 e. The summed E-state index contributed by atoms with van der Waals surface area (Å²) in [6.07, 6.45) is 2.11. The molecule has 0 saturated carbocycles. The lowest BCUT2D eigenvalue weighted by molar-refractivity contribution is 0.476. The van der Waals surface area contributed by atoms with Crippen molar-refractivity contribution in [1.29, 1.82) is 0 Å². The molecule has 1 aromatic rings. The van der Waals surface area contributed by atoms with Gasteiger partial charge in [0.15, 0.2) is 0 Å². The summed E-state index contributed by atoms with van der Waals surface area (Å²) >= 11 is 6.09. The van der Waals surface area contributed by atoms with Gasteiger partial charge in [0.05, 0.1) is 0 Å². The molecule has 0 N–H and O–H groups in total. The zero-order valence-electron chi connectivity index (χ0n) is 10.2. The molecule has 1 unspecified atom stereocenters. The molecule has 0 saturated heterocycles. The second kappa shape index (κ2) is 5.03. The lowest BCUT2D eigenvalue weighted by Gasteiger charge is -2.27. The van der Waals surface area contributed by atoms with Gasteiger partial charge in [-0.15, -0.1) is 11.6 Å². The molecule has 1 aromatic carbocycles. The third-order valence-electron chi connectivity index (χ3n) is 2.91. The van der Waals surface area contributed by atoms with E-state index in [0.717, 1.165) is 12.8 Å². The van der Waals surface area contributed by atoms with Crippen molar-refractivity contribution in [3.8, 4) is 0 Å². The molecule has 0 spiro atoms. The molecule has 84 valence electrons. The van der Waals surface area contributed by atoms with E-state index in [1.54, 1.807) is 0 Å². The monoisotopic (exact) mass is 224 g/mol. The summed E-state index contributed by atoms with van der Waals surface area (Å²) in [4.78, 5) is 0. The van der Waals surface area contributed by atoms with Crippen LogP contribution in [0.1, 0.15) is 45.2 Å². The van der Waals surface area contributed by atoms with Gasteiger partial charge in [-0.25, -0.2) is 0 Å². The predicted molar refractivity (Wildman–Crippen MR) is 68.8 cm³/mol. The van der Waals surface area contributed by atoms with Crippen LogP contribution in [0.2, 0.25) is 0 Å². The number of hydrogen-bond donors (Lipinski definition) is 0. The van der Waals surface area contributed by atoms with Crippen molar-refractivity contribution in [2.24, 2.45) is 0 Å². The van der Waals surface area contributed by atoms with Crippen LogP contribution in [0, 0.1) is 0 Å². The average Bonchev–Trinajstić information content (AvgIpc) is 2.16. The Bertz CT molecular complexity index is 313. The second-order valence-electron chi connectivity index (χ2n) is 4.92. The quantitative estimate of drug-likeness (QED) is 0.659. The summed E-state index contributed by atoms with van der Waals surface area (Å²) in [6, 6.07) is 8.84. The number of aryl methyl sites for hydroxylation is 1. The number of hydrogen-bond acceptors (Lipinski definition) is 0. The van der Waals surface area contributed by atoms with Gasteiger partial charge in [0.25, 0.3) is 0 Å². The van der Waals surface area contributed by atoms with Crippen LogP contribution in [0.5, 0.6) is 0 Å². The van der Waals surface area contributed by atoms with Gasteiger partial charge in [-0.1, -0.05) is 45.0 Å². The van der Waals surface area contributed by atoms with Gasteiger partial charge in [0.2, 0.25) is 0 Å². The zero-order chi connectivity index (χ0) is 11.5. The van der Waals surface area contributed by atoms with Gasteiger partial charge in [-0.3, -0.25) is 0 Å². The molecule has 0 fully saturated rings. The van der Waals surface area contributed by atoms with Crippen molar-refractivity contribution in [2.45, 2.75) is 51.3 Å². The molecule has 0 aliphatic heterocycles. The normalized spacial score (nSPS) is 13.9. The number of benzene rings is 1. The van der Waals surface area contributed by atoms with E-state index >= 15 is 0 Å². The summed E-state index contributed by atoms with van der Waals surface area (Å²) in [5.74, 6) is 0. The minimum absolute atomic E-state index is 0.173. The van der Waals surface area contributed by atoms with Crippen LogP contribution in [-0.4, -0.2) is 5.38 Å². The highest BCUT2D eigenvalue weighted by Crippen LogP contribution is 2.30. The Morgan fingerprint density at radius 1 is 1.33 bits per heavy atom. The molecule has 1 atom stereocenters. The molecule has 0 aliphatic carbocycles. The van der Waals surface area contributed by atoms with E-state index in [-0.39, 0.29) is 10.8 Å². The van der Waals surface area contributed by atoms with Crippen LogP contribution in [0.3, 0.4) is 0 Å². The minimum Gasteiger partial charge on any atom is -0.123 e. The number of alkyl halides is 1. The van der Waals surface area contributed by atoms with Crippen LogP contribution in [0.15, 0.2) is 24.3 Å². The van der Waals surface area contributed by atoms with E-state index in [4.69, 9.17) is 11.6 Å². The summed E-state index contributed by atoms with van der Waals surface area (Å²) in [5, 5.41) is 0.227. The highest BCUT2D eigenvalue weighted by molar-refractivity contribution is 6.20. The SMILES string of the molecule is CCc1cccc(C(C)(C)CC(C)Cl)c1. The van der Waals surface area contributed by atoms with Gasteiger partial charge < -0.3 is 0 Å². The van der Waals surface area contributed by atoms with Crippen LogP contribution < -0.4 is 0 Å². The molecule has 0 aromatic heterocycles. The fourth-order valence-corrected chi connectivity index (χ4v) is 2.42. The Kier molecular flexibility index (Phi) is 4.21. The third-order valence-corrected chi connectivity index (χ3v) is 3.06. The molecule has 0 bridgehead atoms. The lowest BCUT2D eigenvalue weighted by atomic mass is 9.80. The van der Waals surface area contributed by atoms with E-state index in [0.29, 0.717) is 0 Å². The second-order valence-corrected chi connectivity index (χ2v) is 5.67. The van der Waals surface area contributed by atoms with E-state index < -0.39 is 0 Å². The van der Waals surface area contributed by atoms with E-state index in [1.165, 1.54) is 11.1 Å². The van der Waals surface area contributed by atoms with Crippen LogP contribution in [0.25, 0.3) is 0 Å². The van der Waals surface area contributed by atoms with Crippen molar-refractivity contribution in [3.05, 3.63) is 35.4 Å². The minimum atomic E-state index is 0.173. The first-order valence-electron chi connectivity index (χ1n) is 5.69. The van der Waals surface area contributed by atoms with Crippen molar-refractivity contribution < 1.29 is 0 Å². The van der Waals surface area contributed by atoms with Crippen molar-refractivity contribution in [3.63, 3.8) is 0 Å². The van der Waals surface area contributed by atoms with Gasteiger partial charge in [-0.05, 0) is 36.3 Å². The average molecular weight is 225 g/mol. The highest BCUT2D eigenvalue weighted by Gasteiger charge is 2.22. The molecule has 0 aliphatic rings. The Morgan fingerprint density at radius 3 is 2.53 bits per heavy atom. The fraction of sp³-hybridized carbons (Fsp3) is 0.571. The van der Waals surface area contributed by atoms with Gasteiger partial charge in [0, 0.05) is 5.38 Å². The molecule has 1 heteroatoms. The first-order chi connectivity index (χ1) is 6.95. The summed E-state index contributed by atoms with van der Waals surface area (Å²) in [6.45, 7) is 8.78. The topological polar surface area (TPSA) is 0 Å². The maximum Gasteiger partial charge on any atom is 0.0316 e. The summed E-state index contributed by atoms with van der Waals surface area (Å²) < 4.78 is 0. The first kappa shape index (κ1) is 12.6. The fourth-order valence-electron chi connectivity index (χ4n) is 2.03. The van der Waals surface area contributed by atoms with Gasteiger partial charge in [-0.2, -0.15) is 0 Å². The number of halogens is 1. The lowest BCUT2D eigenvalue weighted by Crippen LogP contribution is -2.21. The Hall–Kier alpha value is -0.490. The Morgan fingerprint density at radius 2 is 2.00 bits per heavy atom.